The van der Waals surface area contributed by atoms with Crippen LogP contribution in [0.3, 0.4) is 0 Å². The zero-order valence-electron chi connectivity index (χ0n) is 9.84. The summed E-state index contributed by atoms with van der Waals surface area (Å²) in [6.07, 6.45) is 0.462. The second-order valence-corrected chi connectivity index (χ2v) is 4.63. The van der Waals surface area contributed by atoms with E-state index in [9.17, 15) is 4.79 Å². The molecule has 0 spiro atoms. The Kier molecular flexibility index (Phi) is 3.47. The van der Waals surface area contributed by atoms with Gasteiger partial charge < -0.3 is 14.4 Å². The Morgan fingerprint density at radius 2 is 2.12 bits per heavy atom. The van der Waals surface area contributed by atoms with Crippen LogP contribution in [-0.4, -0.2) is 31.9 Å². The molecular formula is C12H15NO3S. The first-order valence-electron chi connectivity index (χ1n) is 5.36. The number of hydrogen-bond donors (Lipinski definition) is 1. The highest BCUT2D eigenvalue weighted by molar-refractivity contribution is 7.81. The SMILES string of the molecule is COc1ccc(OC)c(N2CC(S)CC2=O)c1. The van der Waals surface area contributed by atoms with Crippen LogP contribution < -0.4 is 14.4 Å². The quantitative estimate of drug-likeness (QED) is 0.834. The number of anilines is 1. The van der Waals surface area contributed by atoms with Crippen molar-refractivity contribution >= 4 is 24.2 Å². The molecule has 0 bridgehead atoms. The highest BCUT2D eigenvalue weighted by Crippen LogP contribution is 2.35. The molecule has 5 heteroatoms. The lowest BCUT2D eigenvalue weighted by atomic mass is 10.2. The molecule has 0 aliphatic carbocycles. The van der Waals surface area contributed by atoms with E-state index in [4.69, 9.17) is 9.47 Å². The monoisotopic (exact) mass is 253 g/mol. The van der Waals surface area contributed by atoms with E-state index in [1.807, 2.05) is 6.07 Å². The summed E-state index contributed by atoms with van der Waals surface area (Å²) in [4.78, 5) is 13.5. The Morgan fingerprint density at radius 1 is 1.35 bits per heavy atom. The van der Waals surface area contributed by atoms with Gasteiger partial charge in [-0.2, -0.15) is 12.6 Å². The van der Waals surface area contributed by atoms with Gasteiger partial charge >= 0.3 is 0 Å². The number of thiol groups is 1. The fourth-order valence-electron chi connectivity index (χ4n) is 1.93. The van der Waals surface area contributed by atoms with Gasteiger partial charge in [0.2, 0.25) is 5.91 Å². The Hall–Kier alpha value is -1.36. The fourth-order valence-corrected chi connectivity index (χ4v) is 2.25. The van der Waals surface area contributed by atoms with Gasteiger partial charge in [-0.05, 0) is 12.1 Å². The van der Waals surface area contributed by atoms with Crippen molar-refractivity contribution in [2.75, 3.05) is 25.7 Å². The van der Waals surface area contributed by atoms with E-state index in [-0.39, 0.29) is 11.2 Å². The summed E-state index contributed by atoms with van der Waals surface area (Å²) in [7, 11) is 3.18. The maximum Gasteiger partial charge on any atom is 0.228 e. The van der Waals surface area contributed by atoms with E-state index < -0.39 is 0 Å². The molecule has 1 atom stereocenters. The highest BCUT2D eigenvalue weighted by Gasteiger charge is 2.30. The number of nitrogens with zero attached hydrogens (tertiary/aromatic N) is 1. The molecule has 1 aliphatic rings. The van der Waals surface area contributed by atoms with Crippen LogP contribution in [0.2, 0.25) is 0 Å². The molecule has 0 aromatic heterocycles. The Labute approximate surface area is 106 Å². The van der Waals surface area contributed by atoms with Crippen LogP contribution in [0.5, 0.6) is 11.5 Å². The number of carbonyl (C=O) groups excluding carboxylic acids is 1. The lowest BCUT2D eigenvalue weighted by molar-refractivity contribution is -0.117. The van der Waals surface area contributed by atoms with Crippen molar-refractivity contribution in [3.8, 4) is 11.5 Å². The first-order chi connectivity index (χ1) is 8.15. The molecule has 17 heavy (non-hydrogen) atoms. The van der Waals surface area contributed by atoms with E-state index in [2.05, 4.69) is 12.6 Å². The molecule has 0 N–H and O–H groups in total. The number of benzene rings is 1. The van der Waals surface area contributed by atoms with Gasteiger partial charge in [-0.15, -0.1) is 0 Å². The van der Waals surface area contributed by atoms with Gasteiger partial charge in [0, 0.05) is 24.3 Å². The summed E-state index contributed by atoms with van der Waals surface area (Å²) < 4.78 is 10.4. The predicted molar refractivity (Wildman–Crippen MR) is 69.3 cm³/mol. The van der Waals surface area contributed by atoms with Crippen molar-refractivity contribution < 1.29 is 14.3 Å². The topological polar surface area (TPSA) is 38.8 Å². The van der Waals surface area contributed by atoms with Gasteiger partial charge in [0.25, 0.3) is 0 Å². The van der Waals surface area contributed by atoms with Gasteiger partial charge in [-0.3, -0.25) is 4.79 Å². The number of rotatable bonds is 3. The molecule has 0 saturated carbocycles. The zero-order chi connectivity index (χ0) is 12.4. The minimum absolute atomic E-state index is 0.0663. The maximum absolute atomic E-state index is 11.8. The third-order valence-electron chi connectivity index (χ3n) is 2.78. The Balaban J connectivity index is 2.38. The molecular weight excluding hydrogens is 238 g/mol. The number of methoxy groups -OCH3 is 2. The van der Waals surface area contributed by atoms with E-state index in [0.29, 0.717) is 24.5 Å². The first-order valence-corrected chi connectivity index (χ1v) is 5.87. The van der Waals surface area contributed by atoms with Crippen LogP contribution in [0.15, 0.2) is 18.2 Å². The zero-order valence-corrected chi connectivity index (χ0v) is 10.7. The second-order valence-electron chi connectivity index (χ2n) is 3.90. The lowest BCUT2D eigenvalue weighted by Crippen LogP contribution is -2.25. The number of carbonyl (C=O) groups is 1. The van der Waals surface area contributed by atoms with Gasteiger partial charge in [0.1, 0.15) is 11.5 Å². The molecule has 1 unspecified atom stereocenters. The van der Waals surface area contributed by atoms with Gasteiger partial charge in [-0.1, -0.05) is 0 Å². The maximum atomic E-state index is 11.8. The minimum atomic E-state index is 0.0663. The summed E-state index contributed by atoms with van der Waals surface area (Å²) in [5.74, 6) is 1.44. The van der Waals surface area contributed by atoms with Crippen molar-refractivity contribution in [1.82, 2.24) is 0 Å². The lowest BCUT2D eigenvalue weighted by Gasteiger charge is -2.19. The molecule has 1 aromatic rings. The van der Waals surface area contributed by atoms with Crippen molar-refractivity contribution in [1.29, 1.82) is 0 Å². The number of amides is 1. The van der Waals surface area contributed by atoms with E-state index in [1.165, 1.54) is 0 Å². The molecule has 0 radical (unpaired) electrons. The van der Waals surface area contributed by atoms with Gasteiger partial charge in [-0.25, -0.2) is 0 Å². The average Bonchev–Trinajstić information content (AvgIpc) is 2.67. The van der Waals surface area contributed by atoms with Crippen molar-refractivity contribution in [2.24, 2.45) is 0 Å². The molecule has 1 aromatic carbocycles. The molecule has 1 heterocycles. The second kappa shape index (κ2) is 4.87. The largest absolute Gasteiger partial charge is 0.497 e. The molecule has 92 valence electrons. The predicted octanol–water partition coefficient (Wildman–Crippen LogP) is 1.74. The summed E-state index contributed by atoms with van der Waals surface area (Å²) in [5, 5.41) is 0.0819. The fraction of sp³-hybridized carbons (Fsp3) is 0.417. The molecule has 2 rings (SSSR count). The summed E-state index contributed by atoms with van der Waals surface area (Å²) in [5.41, 5.74) is 0.744. The van der Waals surface area contributed by atoms with Gasteiger partial charge in [0.15, 0.2) is 0 Å². The van der Waals surface area contributed by atoms with Crippen LogP contribution in [0.1, 0.15) is 6.42 Å². The molecule has 1 amide bonds. The van der Waals surface area contributed by atoms with E-state index in [1.54, 1.807) is 31.3 Å². The van der Waals surface area contributed by atoms with Crippen molar-refractivity contribution in [3.05, 3.63) is 18.2 Å². The average molecular weight is 253 g/mol. The normalized spacial score (nSPS) is 19.6. The number of ether oxygens (including phenoxy) is 2. The van der Waals surface area contributed by atoms with Crippen LogP contribution in [-0.2, 0) is 4.79 Å². The van der Waals surface area contributed by atoms with Crippen LogP contribution >= 0.6 is 12.6 Å². The highest BCUT2D eigenvalue weighted by atomic mass is 32.1. The summed E-state index contributed by atoms with van der Waals surface area (Å²) in [6.45, 7) is 0.603. The third kappa shape index (κ3) is 2.34. The standard InChI is InChI=1S/C12H15NO3S/c1-15-8-3-4-11(16-2)10(5-8)13-7-9(17)6-12(13)14/h3-5,9,17H,6-7H2,1-2H3. The Bertz CT molecular complexity index is 436. The Morgan fingerprint density at radius 3 is 2.65 bits per heavy atom. The van der Waals surface area contributed by atoms with Crippen molar-refractivity contribution in [3.63, 3.8) is 0 Å². The van der Waals surface area contributed by atoms with Crippen LogP contribution in [0.25, 0.3) is 0 Å². The van der Waals surface area contributed by atoms with E-state index in [0.717, 1.165) is 5.69 Å². The van der Waals surface area contributed by atoms with Crippen molar-refractivity contribution in [2.45, 2.75) is 11.7 Å². The van der Waals surface area contributed by atoms with E-state index >= 15 is 0 Å². The summed E-state index contributed by atoms with van der Waals surface area (Å²) >= 11 is 4.34. The summed E-state index contributed by atoms with van der Waals surface area (Å²) in [6, 6.07) is 5.41. The molecule has 1 fully saturated rings. The smallest absolute Gasteiger partial charge is 0.228 e. The third-order valence-corrected chi connectivity index (χ3v) is 3.13. The molecule has 1 aliphatic heterocycles. The van der Waals surface area contributed by atoms with Crippen LogP contribution in [0, 0.1) is 0 Å². The molecule has 4 nitrogen and oxygen atoms in total. The number of hydrogen-bond acceptors (Lipinski definition) is 4. The van der Waals surface area contributed by atoms with Crippen LogP contribution in [0.4, 0.5) is 5.69 Å². The van der Waals surface area contributed by atoms with Gasteiger partial charge in [0.05, 0.1) is 19.9 Å². The minimum Gasteiger partial charge on any atom is -0.497 e. The first kappa shape index (κ1) is 12.1. The molecule has 1 saturated heterocycles.